The van der Waals surface area contributed by atoms with Gasteiger partial charge in [0.15, 0.2) is 5.82 Å². The van der Waals surface area contributed by atoms with E-state index in [4.69, 9.17) is 17.3 Å². The van der Waals surface area contributed by atoms with Crippen LogP contribution < -0.4 is 16.6 Å². The normalized spacial score (nSPS) is 12.5. The van der Waals surface area contributed by atoms with Gasteiger partial charge in [0, 0.05) is 12.6 Å². The molecule has 5 nitrogen and oxygen atoms in total. The van der Waals surface area contributed by atoms with Gasteiger partial charge in [-0.3, -0.25) is 4.79 Å². The Morgan fingerprint density at radius 2 is 2.47 bits per heavy atom. The first-order chi connectivity index (χ1) is 7.15. The molecule has 84 valence electrons. The monoisotopic (exact) mass is 230 g/mol. The highest BCUT2D eigenvalue weighted by Crippen LogP contribution is 2.11. The molecule has 0 aliphatic carbocycles. The van der Waals surface area contributed by atoms with Gasteiger partial charge < -0.3 is 16.0 Å². The van der Waals surface area contributed by atoms with Gasteiger partial charge in [-0.1, -0.05) is 18.5 Å². The molecule has 1 heterocycles. The van der Waals surface area contributed by atoms with E-state index in [1.807, 2.05) is 6.92 Å². The molecule has 1 unspecified atom stereocenters. The zero-order valence-electron chi connectivity index (χ0n) is 8.59. The molecule has 0 aromatic carbocycles. The van der Waals surface area contributed by atoms with Gasteiger partial charge in [0.25, 0.3) is 5.56 Å². The SMILES string of the molecule is CCC(N)CCNc1nc[nH]c(=O)c1Cl. The van der Waals surface area contributed by atoms with Gasteiger partial charge in [0.05, 0.1) is 6.33 Å². The number of anilines is 1. The lowest BCUT2D eigenvalue weighted by atomic mass is 10.2. The molecule has 0 aliphatic heterocycles. The Balaban J connectivity index is 2.51. The highest BCUT2D eigenvalue weighted by atomic mass is 35.5. The van der Waals surface area contributed by atoms with E-state index in [0.717, 1.165) is 12.8 Å². The van der Waals surface area contributed by atoms with Gasteiger partial charge in [0.2, 0.25) is 0 Å². The third-order valence-electron chi connectivity index (χ3n) is 2.13. The molecule has 1 rings (SSSR count). The fourth-order valence-electron chi connectivity index (χ4n) is 1.09. The van der Waals surface area contributed by atoms with Crippen molar-refractivity contribution < 1.29 is 0 Å². The second-order valence-electron chi connectivity index (χ2n) is 3.28. The van der Waals surface area contributed by atoms with Crippen molar-refractivity contribution in [1.82, 2.24) is 9.97 Å². The Morgan fingerprint density at radius 3 is 3.13 bits per heavy atom. The summed E-state index contributed by atoms with van der Waals surface area (Å²) in [6.07, 6.45) is 3.07. The lowest BCUT2D eigenvalue weighted by Gasteiger charge is -2.10. The van der Waals surface area contributed by atoms with E-state index < -0.39 is 0 Å². The van der Waals surface area contributed by atoms with Crippen LogP contribution in [0.5, 0.6) is 0 Å². The third kappa shape index (κ3) is 3.53. The summed E-state index contributed by atoms with van der Waals surface area (Å²) in [7, 11) is 0. The number of hydrogen-bond acceptors (Lipinski definition) is 4. The highest BCUT2D eigenvalue weighted by Gasteiger charge is 2.05. The molecule has 0 fully saturated rings. The lowest BCUT2D eigenvalue weighted by Crippen LogP contribution is -2.23. The summed E-state index contributed by atoms with van der Waals surface area (Å²) < 4.78 is 0. The number of rotatable bonds is 5. The molecule has 6 heteroatoms. The smallest absolute Gasteiger partial charge is 0.271 e. The zero-order chi connectivity index (χ0) is 11.3. The van der Waals surface area contributed by atoms with Crippen LogP contribution in [-0.4, -0.2) is 22.6 Å². The molecule has 0 spiro atoms. The summed E-state index contributed by atoms with van der Waals surface area (Å²) in [5, 5.41) is 3.06. The summed E-state index contributed by atoms with van der Waals surface area (Å²) in [6, 6.07) is 0.165. The van der Waals surface area contributed by atoms with Crippen LogP contribution in [-0.2, 0) is 0 Å². The first-order valence-electron chi connectivity index (χ1n) is 4.87. The van der Waals surface area contributed by atoms with Gasteiger partial charge >= 0.3 is 0 Å². The van der Waals surface area contributed by atoms with E-state index >= 15 is 0 Å². The number of hydrogen-bond donors (Lipinski definition) is 3. The van der Waals surface area contributed by atoms with Crippen molar-refractivity contribution in [2.45, 2.75) is 25.8 Å². The predicted molar refractivity (Wildman–Crippen MR) is 61.2 cm³/mol. The second-order valence-corrected chi connectivity index (χ2v) is 3.66. The summed E-state index contributed by atoms with van der Waals surface area (Å²) in [4.78, 5) is 17.4. The molecule has 1 aromatic heterocycles. The number of H-pyrrole nitrogens is 1. The van der Waals surface area contributed by atoms with Crippen LogP contribution in [0, 0.1) is 0 Å². The third-order valence-corrected chi connectivity index (χ3v) is 2.48. The number of nitrogens with zero attached hydrogens (tertiary/aromatic N) is 1. The molecule has 4 N–H and O–H groups in total. The predicted octanol–water partition coefficient (Wildman–Crippen LogP) is 0.963. The van der Waals surface area contributed by atoms with Gasteiger partial charge in [0.1, 0.15) is 5.02 Å². The molecular weight excluding hydrogens is 216 g/mol. The maximum atomic E-state index is 11.1. The molecule has 1 atom stereocenters. The van der Waals surface area contributed by atoms with Crippen LogP contribution in [0.1, 0.15) is 19.8 Å². The number of nitrogens with one attached hydrogen (secondary N) is 2. The number of aromatic amines is 1. The summed E-state index contributed by atoms with van der Waals surface area (Å²) in [6.45, 7) is 2.69. The minimum Gasteiger partial charge on any atom is -0.369 e. The molecule has 0 radical (unpaired) electrons. The molecule has 0 bridgehead atoms. The van der Waals surface area contributed by atoms with E-state index in [2.05, 4.69) is 15.3 Å². The van der Waals surface area contributed by atoms with Crippen LogP contribution >= 0.6 is 11.6 Å². The molecule has 1 aromatic rings. The fourth-order valence-corrected chi connectivity index (χ4v) is 1.26. The van der Waals surface area contributed by atoms with Crippen LogP contribution in [0.25, 0.3) is 0 Å². The van der Waals surface area contributed by atoms with Crippen molar-refractivity contribution in [3.63, 3.8) is 0 Å². The van der Waals surface area contributed by atoms with Gasteiger partial charge in [-0.15, -0.1) is 0 Å². The Kier molecular flexibility index (Phi) is 4.58. The van der Waals surface area contributed by atoms with E-state index in [9.17, 15) is 4.79 Å². The van der Waals surface area contributed by atoms with Crippen molar-refractivity contribution in [3.05, 3.63) is 21.7 Å². The van der Waals surface area contributed by atoms with Crippen LogP contribution in [0.2, 0.25) is 5.02 Å². The molecule has 0 amide bonds. The maximum Gasteiger partial charge on any atom is 0.271 e. The van der Waals surface area contributed by atoms with E-state index in [1.54, 1.807) is 0 Å². The number of nitrogens with two attached hydrogens (primary N) is 1. The quantitative estimate of drug-likeness (QED) is 0.704. The van der Waals surface area contributed by atoms with Gasteiger partial charge in [-0.25, -0.2) is 4.98 Å². The van der Waals surface area contributed by atoms with Crippen molar-refractivity contribution in [1.29, 1.82) is 0 Å². The van der Waals surface area contributed by atoms with Crippen LogP contribution in [0.4, 0.5) is 5.82 Å². The largest absolute Gasteiger partial charge is 0.369 e. The second kappa shape index (κ2) is 5.72. The number of halogens is 1. The highest BCUT2D eigenvalue weighted by molar-refractivity contribution is 6.32. The standard InChI is InChI=1S/C9H15ClN4O/c1-2-6(11)3-4-12-8-7(10)9(15)14-5-13-8/h5-6H,2-4,11H2,1H3,(H2,12,13,14,15). The Labute approximate surface area is 93.0 Å². The molecule has 0 saturated heterocycles. The topological polar surface area (TPSA) is 83.8 Å². The molecule has 15 heavy (non-hydrogen) atoms. The first-order valence-corrected chi connectivity index (χ1v) is 5.25. The maximum absolute atomic E-state index is 11.1. The van der Waals surface area contributed by atoms with Crippen molar-refractivity contribution >= 4 is 17.4 Å². The number of aromatic nitrogens is 2. The molecule has 0 aliphatic rings. The molecular formula is C9H15ClN4O. The van der Waals surface area contributed by atoms with E-state index in [-0.39, 0.29) is 16.6 Å². The van der Waals surface area contributed by atoms with Gasteiger partial charge in [-0.05, 0) is 12.8 Å². The van der Waals surface area contributed by atoms with Crippen LogP contribution in [0.3, 0.4) is 0 Å². The summed E-state index contributed by atoms with van der Waals surface area (Å²) >= 11 is 5.74. The minimum atomic E-state index is -0.339. The zero-order valence-corrected chi connectivity index (χ0v) is 9.34. The fraction of sp³-hybridized carbons (Fsp3) is 0.556. The Hall–Kier alpha value is -1.07. The van der Waals surface area contributed by atoms with Crippen molar-refractivity contribution in [3.8, 4) is 0 Å². The van der Waals surface area contributed by atoms with Crippen LogP contribution in [0.15, 0.2) is 11.1 Å². The van der Waals surface area contributed by atoms with E-state index in [1.165, 1.54) is 6.33 Å². The van der Waals surface area contributed by atoms with Crippen molar-refractivity contribution in [2.75, 3.05) is 11.9 Å². The summed E-state index contributed by atoms with van der Waals surface area (Å²) in [5.74, 6) is 0.406. The van der Waals surface area contributed by atoms with Gasteiger partial charge in [-0.2, -0.15) is 0 Å². The summed E-state index contributed by atoms with van der Waals surface area (Å²) in [5.41, 5.74) is 5.40. The average molecular weight is 231 g/mol. The minimum absolute atomic E-state index is 0.0857. The van der Waals surface area contributed by atoms with Crippen molar-refractivity contribution in [2.24, 2.45) is 5.73 Å². The molecule has 0 saturated carbocycles. The average Bonchev–Trinajstić information content (AvgIpc) is 2.24. The first kappa shape index (κ1) is 12.0. The lowest BCUT2D eigenvalue weighted by molar-refractivity contribution is 0.613. The Morgan fingerprint density at radius 1 is 1.73 bits per heavy atom. The van der Waals surface area contributed by atoms with E-state index in [0.29, 0.717) is 12.4 Å². The Bertz CT molecular complexity index is 365.